The van der Waals surface area contributed by atoms with Crippen LogP contribution in [0.25, 0.3) is 0 Å². The third-order valence-corrected chi connectivity index (χ3v) is 4.51. The summed E-state index contributed by atoms with van der Waals surface area (Å²) in [6.07, 6.45) is 6.00. The molecule has 1 aromatic rings. The maximum atomic E-state index is 6.72. The summed E-state index contributed by atoms with van der Waals surface area (Å²) < 4.78 is 0. The highest BCUT2D eigenvalue weighted by Gasteiger charge is 2.33. The Morgan fingerprint density at radius 3 is 2.58 bits per heavy atom. The topological polar surface area (TPSA) is 41.6 Å². The molecule has 0 radical (unpaired) electrons. The quantitative estimate of drug-likeness (QED) is 0.884. The first-order chi connectivity index (χ1) is 9.21. The van der Waals surface area contributed by atoms with Gasteiger partial charge in [-0.05, 0) is 18.4 Å². The van der Waals surface area contributed by atoms with Crippen LogP contribution in [0.2, 0.25) is 0 Å². The maximum Gasteiger partial charge on any atom is 0.131 e. The molecule has 0 amide bonds. The van der Waals surface area contributed by atoms with E-state index in [0.29, 0.717) is 0 Å². The Morgan fingerprint density at radius 1 is 1.16 bits per heavy atom. The molecular formula is C16H23N3. The molecule has 0 spiro atoms. The predicted molar refractivity (Wildman–Crippen MR) is 79.4 cm³/mol. The van der Waals surface area contributed by atoms with Crippen LogP contribution >= 0.6 is 0 Å². The number of nitrogens with two attached hydrogens (primary N) is 1. The molecule has 0 bridgehead atoms. The Hall–Kier alpha value is -1.35. The van der Waals surface area contributed by atoms with Crippen molar-refractivity contribution in [1.29, 1.82) is 0 Å². The SMILES string of the molecule is CN1CCN=C1c1ccccc1C1(N)CCCCC1. The summed E-state index contributed by atoms with van der Waals surface area (Å²) in [4.78, 5) is 6.90. The molecule has 1 heterocycles. The van der Waals surface area contributed by atoms with E-state index >= 15 is 0 Å². The van der Waals surface area contributed by atoms with Crippen LogP contribution in [0, 0.1) is 0 Å². The summed E-state index contributed by atoms with van der Waals surface area (Å²) in [5.41, 5.74) is 9.10. The largest absolute Gasteiger partial charge is 0.358 e. The Labute approximate surface area is 115 Å². The second kappa shape index (κ2) is 4.97. The van der Waals surface area contributed by atoms with Crippen LogP contribution in [0.5, 0.6) is 0 Å². The van der Waals surface area contributed by atoms with Gasteiger partial charge in [0.15, 0.2) is 0 Å². The summed E-state index contributed by atoms with van der Waals surface area (Å²) >= 11 is 0. The average Bonchev–Trinajstić information content (AvgIpc) is 2.86. The number of hydrogen-bond donors (Lipinski definition) is 1. The summed E-state index contributed by atoms with van der Waals surface area (Å²) in [6, 6.07) is 8.59. The van der Waals surface area contributed by atoms with E-state index in [0.717, 1.165) is 31.8 Å². The van der Waals surface area contributed by atoms with Gasteiger partial charge in [0, 0.05) is 24.7 Å². The molecule has 1 saturated carbocycles. The monoisotopic (exact) mass is 257 g/mol. The van der Waals surface area contributed by atoms with Gasteiger partial charge in [-0.3, -0.25) is 4.99 Å². The van der Waals surface area contributed by atoms with Gasteiger partial charge in [-0.25, -0.2) is 0 Å². The highest BCUT2D eigenvalue weighted by Crippen LogP contribution is 2.36. The van der Waals surface area contributed by atoms with Crippen LogP contribution in [0.15, 0.2) is 29.3 Å². The summed E-state index contributed by atoms with van der Waals surface area (Å²) in [7, 11) is 2.12. The van der Waals surface area contributed by atoms with Gasteiger partial charge in [-0.1, -0.05) is 43.5 Å². The van der Waals surface area contributed by atoms with Crippen LogP contribution < -0.4 is 5.73 Å². The van der Waals surface area contributed by atoms with E-state index in [9.17, 15) is 0 Å². The van der Waals surface area contributed by atoms with Gasteiger partial charge in [0.2, 0.25) is 0 Å². The predicted octanol–water partition coefficient (Wildman–Crippen LogP) is 2.50. The number of amidine groups is 1. The van der Waals surface area contributed by atoms with E-state index < -0.39 is 0 Å². The summed E-state index contributed by atoms with van der Waals surface area (Å²) in [5, 5.41) is 0. The Balaban J connectivity index is 2.02. The number of hydrogen-bond acceptors (Lipinski definition) is 3. The fourth-order valence-corrected chi connectivity index (χ4v) is 3.39. The molecule has 2 N–H and O–H groups in total. The van der Waals surface area contributed by atoms with Crippen LogP contribution in [-0.2, 0) is 5.54 Å². The van der Waals surface area contributed by atoms with Crippen LogP contribution in [-0.4, -0.2) is 30.9 Å². The first-order valence-corrected chi connectivity index (χ1v) is 7.35. The molecule has 102 valence electrons. The minimum Gasteiger partial charge on any atom is -0.358 e. The Bertz CT molecular complexity index is 487. The van der Waals surface area contributed by atoms with Gasteiger partial charge >= 0.3 is 0 Å². The first kappa shape index (κ1) is 12.7. The van der Waals surface area contributed by atoms with Crippen molar-refractivity contribution in [3.05, 3.63) is 35.4 Å². The molecular weight excluding hydrogens is 234 g/mol. The van der Waals surface area contributed by atoms with Crippen molar-refractivity contribution in [1.82, 2.24) is 4.90 Å². The van der Waals surface area contributed by atoms with Crippen molar-refractivity contribution in [2.75, 3.05) is 20.1 Å². The molecule has 1 aliphatic carbocycles. The van der Waals surface area contributed by atoms with Gasteiger partial charge in [0.1, 0.15) is 5.84 Å². The van der Waals surface area contributed by atoms with Gasteiger partial charge in [0.25, 0.3) is 0 Å². The number of nitrogens with zero attached hydrogens (tertiary/aromatic N) is 2. The van der Waals surface area contributed by atoms with Crippen LogP contribution in [0.1, 0.15) is 43.2 Å². The molecule has 0 atom stereocenters. The lowest BCUT2D eigenvalue weighted by Crippen LogP contribution is -2.40. The fraction of sp³-hybridized carbons (Fsp3) is 0.562. The Kier molecular flexibility index (Phi) is 3.31. The fourth-order valence-electron chi connectivity index (χ4n) is 3.39. The second-order valence-electron chi connectivity index (χ2n) is 5.89. The minimum absolute atomic E-state index is 0.152. The van der Waals surface area contributed by atoms with E-state index in [1.54, 1.807) is 0 Å². The normalized spacial score (nSPS) is 22.4. The zero-order valence-electron chi connectivity index (χ0n) is 11.7. The van der Waals surface area contributed by atoms with Gasteiger partial charge in [0.05, 0.1) is 6.54 Å². The van der Waals surface area contributed by atoms with E-state index in [2.05, 4.69) is 41.2 Å². The molecule has 0 saturated heterocycles. The number of aliphatic imine (C=N–C) groups is 1. The number of benzene rings is 1. The van der Waals surface area contributed by atoms with Crippen molar-refractivity contribution in [3.63, 3.8) is 0 Å². The van der Waals surface area contributed by atoms with E-state index in [4.69, 9.17) is 5.73 Å². The summed E-state index contributed by atoms with van der Waals surface area (Å²) in [6.45, 7) is 1.92. The molecule has 0 unspecified atom stereocenters. The molecule has 0 aromatic heterocycles. The first-order valence-electron chi connectivity index (χ1n) is 7.35. The average molecular weight is 257 g/mol. The van der Waals surface area contributed by atoms with Crippen molar-refractivity contribution in [2.45, 2.75) is 37.6 Å². The molecule has 2 aliphatic rings. The third-order valence-electron chi connectivity index (χ3n) is 4.51. The molecule has 1 aromatic carbocycles. The van der Waals surface area contributed by atoms with Crippen molar-refractivity contribution in [2.24, 2.45) is 10.7 Å². The molecule has 3 rings (SSSR count). The second-order valence-corrected chi connectivity index (χ2v) is 5.89. The highest BCUT2D eigenvalue weighted by molar-refractivity contribution is 6.01. The lowest BCUT2D eigenvalue weighted by molar-refractivity contribution is 0.302. The lowest BCUT2D eigenvalue weighted by atomic mass is 9.75. The van der Waals surface area contributed by atoms with Gasteiger partial charge in [-0.15, -0.1) is 0 Å². The lowest BCUT2D eigenvalue weighted by Gasteiger charge is -2.36. The standard InChI is InChI=1S/C16H23N3/c1-19-12-11-18-15(19)13-7-3-4-8-14(13)16(17)9-5-2-6-10-16/h3-4,7-8H,2,5-6,9-12,17H2,1H3. The molecule has 3 nitrogen and oxygen atoms in total. The van der Waals surface area contributed by atoms with Crippen molar-refractivity contribution < 1.29 is 0 Å². The molecule has 1 fully saturated rings. The highest BCUT2D eigenvalue weighted by atomic mass is 15.2. The zero-order valence-corrected chi connectivity index (χ0v) is 11.7. The van der Waals surface area contributed by atoms with Crippen LogP contribution in [0.3, 0.4) is 0 Å². The molecule has 3 heteroatoms. The van der Waals surface area contributed by atoms with E-state index in [1.165, 1.54) is 30.4 Å². The number of rotatable bonds is 2. The van der Waals surface area contributed by atoms with Crippen LogP contribution in [0.4, 0.5) is 0 Å². The molecule has 19 heavy (non-hydrogen) atoms. The molecule has 1 aliphatic heterocycles. The van der Waals surface area contributed by atoms with Crippen molar-refractivity contribution >= 4 is 5.84 Å². The van der Waals surface area contributed by atoms with Crippen molar-refractivity contribution in [3.8, 4) is 0 Å². The Morgan fingerprint density at radius 2 is 1.89 bits per heavy atom. The van der Waals surface area contributed by atoms with Gasteiger partial charge in [-0.2, -0.15) is 0 Å². The number of likely N-dealkylation sites (N-methyl/N-ethyl adjacent to an activating group) is 1. The van der Waals surface area contributed by atoms with E-state index in [1.807, 2.05) is 0 Å². The third kappa shape index (κ3) is 2.27. The minimum atomic E-state index is -0.152. The summed E-state index contributed by atoms with van der Waals surface area (Å²) in [5.74, 6) is 1.12. The van der Waals surface area contributed by atoms with E-state index in [-0.39, 0.29) is 5.54 Å². The smallest absolute Gasteiger partial charge is 0.131 e. The maximum absolute atomic E-state index is 6.72. The zero-order chi connectivity index (χ0) is 13.3. The van der Waals surface area contributed by atoms with Gasteiger partial charge < -0.3 is 10.6 Å².